The van der Waals surface area contributed by atoms with Crippen molar-refractivity contribution in [1.29, 1.82) is 0 Å². The minimum Gasteiger partial charge on any atom is -0.444 e. The zero-order valence-corrected chi connectivity index (χ0v) is 16.2. The molecule has 0 fully saturated rings. The molecule has 0 radical (unpaired) electrons. The van der Waals surface area contributed by atoms with E-state index in [2.05, 4.69) is 15.5 Å². The number of carbonyl (C=O) groups is 1. The number of para-hydroxylation sites is 1. The predicted molar refractivity (Wildman–Crippen MR) is 99.6 cm³/mol. The van der Waals surface area contributed by atoms with Crippen molar-refractivity contribution in [2.45, 2.75) is 50.5 Å². The fraction of sp³-hybridized carbons (Fsp3) is 0.588. The smallest absolute Gasteiger partial charge is 0.407 e. The second-order valence-corrected chi connectivity index (χ2v) is 7.72. The maximum absolute atomic E-state index is 12.3. The molecule has 8 heteroatoms. The summed E-state index contributed by atoms with van der Waals surface area (Å²) >= 11 is 0. The molecule has 1 aromatic rings. The van der Waals surface area contributed by atoms with Crippen molar-refractivity contribution >= 4 is 22.8 Å². The Balaban J connectivity index is 2.18. The second kappa shape index (κ2) is 11.1. The van der Waals surface area contributed by atoms with Gasteiger partial charge in [0.1, 0.15) is 16.6 Å². The summed E-state index contributed by atoms with van der Waals surface area (Å²) in [5.41, 5.74) is 2.91. The lowest BCUT2D eigenvalue weighted by molar-refractivity contribution is 0.0527. The summed E-state index contributed by atoms with van der Waals surface area (Å²) in [7, 11) is 0.208. The van der Waals surface area contributed by atoms with Crippen LogP contribution in [0, 0.1) is 0 Å². The quantitative estimate of drug-likeness (QED) is 0.435. The van der Waals surface area contributed by atoms with Crippen LogP contribution in [0.5, 0.6) is 0 Å². The van der Waals surface area contributed by atoms with Crippen molar-refractivity contribution in [3.63, 3.8) is 0 Å². The number of nitrogens with one attached hydrogen (secondary N) is 3. The van der Waals surface area contributed by atoms with Gasteiger partial charge in [-0.1, -0.05) is 18.6 Å². The number of rotatable bonds is 10. The van der Waals surface area contributed by atoms with E-state index in [0.717, 1.165) is 19.3 Å². The topological polar surface area (TPSA) is 88.7 Å². The number of benzene rings is 1. The number of anilines is 1. The Morgan fingerprint density at radius 1 is 1.12 bits per heavy atom. The summed E-state index contributed by atoms with van der Waals surface area (Å²) in [6.07, 6.45) is 2.23. The van der Waals surface area contributed by atoms with Crippen molar-refractivity contribution in [3.8, 4) is 0 Å². The minimum absolute atomic E-state index is 0.394. The van der Waals surface area contributed by atoms with Crippen LogP contribution < -0.4 is 15.5 Å². The van der Waals surface area contributed by atoms with E-state index in [9.17, 15) is 9.00 Å². The van der Waals surface area contributed by atoms with E-state index in [-0.39, 0.29) is 0 Å². The van der Waals surface area contributed by atoms with Gasteiger partial charge < -0.3 is 10.1 Å². The first kappa shape index (κ1) is 21.4. The van der Waals surface area contributed by atoms with Crippen molar-refractivity contribution in [2.75, 3.05) is 25.7 Å². The first-order valence-corrected chi connectivity index (χ1v) is 9.48. The lowest BCUT2D eigenvalue weighted by Crippen LogP contribution is -2.33. The molecular weight excluding hydrogens is 342 g/mol. The number of hydrogen-bond donors (Lipinski definition) is 3. The highest BCUT2D eigenvalue weighted by Gasteiger charge is 2.15. The van der Waals surface area contributed by atoms with Gasteiger partial charge in [-0.2, -0.15) is 0 Å². The highest BCUT2D eigenvalue weighted by Crippen LogP contribution is 2.17. The molecule has 1 unspecified atom stereocenters. The molecule has 0 spiro atoms. The molecule has 0 saturated heterocycles. The maximum atomic E-state index is 12.3. The summed E-state index contributed by atoms with van der Waals surface area (Å²) in [5.74, 6) is 0. The molecule has 1 rings (SSSR count). The lowest BCUT2D eigenvalue weighted by atomic mass is 10.2. The Labute approximate surface area is 152 Å². The molecule has 142 valence electrons. The van der Waals surface area contributed by atoms with Crippen LogP contribution in [0.25, 0.3) is 0 Å². The molecule has 1 aromatic carbocycles. The van der Waals surface area contributed by atoms with Gasteiger partial charge in [0.2, 0.25) is 0 Å². The summed E-state index contributed by atoms with van der Waals surface area (Å²) in [6, 6.07) is 7.27. The molecule has 1 amide bonds. The molecule has 25 heavy (non-hydrogen) atoms. The summed E-state index contributed by atoms with van der Waals surface area (Å²) < 4.78 is 20.4. The van der Waals surface area contributed by atoms with Gasteiger partial charge in [0.05, 0.1) is 17.7 Å². The summed E-state index contributed by atoms with van der Waals surface area (Å²) in [4.78, 5) is 17.0. The predicted octanol–water partition coefficient (Wildman–Crippen LogP) is 2.97. The van der Waals surface area contributed by atoms with Crippen LogP contribution in [0.1, 0.15) is 40.0 Å². The van der Waals surface area contributed by atoms with Crippen molar-refractivity contribution < 1.29 is 18.6 Å². The van der Waals surface area contributed by atoms with Crippen molar-refractivity contribution in [1.82, 2.24) is 10.0 Å². The van der Waals surface area contributed by atoms with Gasteiger partial charge in [0.15, 0.2) is 0 Å². The van der Waals surface area contributed by atoms with Gasteiger partial charge in [0.25, 0.3) is 0 Å². The average Bonchev–Trinajstić information content (AvgIpc) is 2.53. The zero-order valence-electron chi connectivity index (χ0n) is 15.4. The van der Waals surface area contributed by atoms with Gasteiger partial charge in [-0.05, 0) is 45.7 Å². The van der Waals surface area contributed by atoms with E-state index in [1.165, 1.54) is 7.11 Å². The van der Waals surface area contributed by atoms with E-state index < -0.39 is 22.7 Å². The molecule has 1 atom stereocenters. The molecule has 0 aromatic heterocycles. The Morgan fingerprint density at radius 2 is 1.80 bits per heavy atom. The van der Waals surface area contributed by atoms with Crippen LogP contribution in [0.3, 0.4) is 0 Å². The highest BCUT2D eigenvalue weighted by atomic mass is 32.2. The minimum atomic E-state index is -1.30. The third-order valence-electron chi connectivity index (χ3n) is 3.05. The standard InChI is InChI=1S/C17H29N3O4S/c1-17(2,3)24-16(21)18-12-8-5-9-13-19-25(22)15-11-7-6-10-14(15)20-23-4/h6-7,10-11,19-20H,5,8-9,12-13H2,1-4H3,(H,18,21). The molecule has 0 heterocycles. The number of hydrogen-bond acceptors (Lipinski definition) is 5. The summed E-state index contributed by atoms with van der Waals surface area (Å²) in [6.45, 7) is 6.69. The Kier molecular flexibility index (Phi) is 9.48. The molecular formula is C17H29N3O4S. The number of ether oxygens (including phenoxy) is 1. The number of unbranched alkanes of at least 4 members (excludes halogenated alkanes) is 2. The van der Waals surface area contributed by atoms with E-state index in [4.69, 9.17) is 9.57 Å². The van der Waals surface area contributed by atoms with Crippen molar-refractivity contribution in [2.24, 2.45) is 0 Å². The third kappa shape index (κ3) is 9.42. The molecule has 3 N–H and O–H groups in total. The Bertz CT molecular complexity index is 561. The third-order valence-corrected chi connectivity index (χ3v) is 4.28. The zero-order chi connectivity index (χ0) is 18.7. The van der Waals surface area contributed by atoms with Crippen LogP contribution >= 0.6 is 0 Å². The number of amides is 1. The van der Waals surface area contributed by atoms with Crippen LogP contribution in [0.4, 0.5) is 10.5 Å². The first-order chi connectivity index (χ1) is 11.8. The van der Waals surface area contributed by atoms with E-state index >= 15 is 0 Å². The van der Waals surface area contributed by atoms with Gasteiger partial charge in [-0.3, -0.25) is 10.3 Å². The van der Waals surface area contributed by atoms with E-state index in [1.807, 2.05) is 32.9 Å². The van der Waals surface area contributed by atoms with Gasteiger partial charge >= 0.3 is 6.09 Å². The molecule has 0 aliphatic heterocycles. The average molecular weight is 372 g/mol. The lowest BCUT2D eigenvalue weighted by Gasteiger charge is -2.19. The molecule has 7 nitrogen and oxygen atoms in total. The SMILES string of the molecule is CONc1ccccc1S(=O)NCCCCCNC(=O)OC(C)(C)C. The second-order valence-electron chi connectivity index (χ2n) is 6.45. The first-order valence-electron chi connectivity index (χ1n) is 8.33. The Morgan fingerprint density at radius 3 is 2.48 bits per heavy atom. The van der Waals surface area contributed by atoms with Crippen LogP contribution in [-0.4, -0.2) is 36.1 Å². The van der Waals surface area contributed by atoms with Gasteiger partial charge in [-0.25, -0.2) is 13.7 Å². The maximum Gasteiger partial charge on any atom is 0.407 e. The van der Waals surface area contributed by atoms with Crippen LogP contribution in [0.15, 0.2) is 29.2 Å². The van der Waals surface area contributed by atoms with E-state index in [0.29, 0.717) is 23.7 Å². The Hall–Kier alpha value is -1.64. The highest BCUT2D eigenvalue weighted by molar-refractivity contribution is 7.83. The summed E-state index contributed by atoms with van der Waals surface area (Å²) in [5, 5.41) is 2.72. The molecule has 0 saturated carbocycles. The number of carbonyl (C=O) groups excluding carboxylic acids is 1. The monoisotopic (exact) mass is 371 g/mol. The van der Waals surface area contributed by atoms with Crippen LogP contribution in [0.2, 0.25) is 0 Å². The van der Waals surface area contributed by atoms with Crippen molar-refractivity contribution in [3.05, 3.63) is 24.3 Å². The molecule has 0 aliphatic rings. The normalized spacial score (nSPS) is 12.5. The fourth-order valence-electron chi connectivity index (χ4n) is 2.00. The van der Waals surface area contributed by atoms with E-state index in [1.54, 1.807) is 12.1 Å². The molecule has 0 aliphatic carbocycles. The van der Waals surface area contributed by atoms with Gasteiger partial charge in [-0.15, -0.1) is 0 Å². The number of alkyl carbamates (subject to hydrolysis) is 1. The van der Waals surface area contributed by atoms with Gasteiger partial charge in [0, 0.05) is 13.1 Å². The fourth-order valence-corrected chi connectivity index (χ4v) is 2.99. The largest absolute Gasteiger partial charge is 0.444 e. The molecule has 0 bridgehead atoms. The van der Waals surface area contributed by atoms with Crippen LogP contribution in [-0.2, 0) is 20.6 Å².